The third-order valence-electron chi connectivity index (χ3n) is 10.5. The van der Waals surface area contributed by atoms with Gasteiger partial charge in [-0.25, -0.2) is 0 Å². The average molecular weight is 449 g/mol. The number of methoxy groups -OCH3 is 1. The highest BCUT2D eigenvalue weighted by Crippen LogP contribution is 2.67. The Morgan fingerprint density at radius 3 is 2.72 bits per heavy atom. The third-order valence-corrected chi connectivity index (χ3v) is 10.5. The highest BCUT2D eigenvalue weighted by atomic mass is 16.7. The molecular weight excluding hydrogens is 400 g/mol. The van der Waals surface area contributed by atoms with Gasteiger partial charge in [0, 0.05) is 13.7 Å². The third kappa shape index (κ3) is 4.59. The van der Waals surface area contributed by atoms with Crippen molar-refractivity contribution in [2.45, 2.75) is 91.1 Å². The second-order valence-electron chi connectivity index (χ2n) is 11.9. The summed E-state index contributed by atoms with van der Waals surface area (Å²) >= 11 is 0. The van der Waals surface area contributed by atoms with Gasteiger partial charge in [0.2, 0.25) is 0 Å². The fraction of sp³-hybridized carbons (Fsp3) is 0.929. The van der Waals surface area contributed by atoms with Crippen molar-refractivity contribution in [2.24, 2.45) is 40.4 Å². The first-order valence-electron chi connectivity index (χ1n) is 13.4. The van der Waals surface area contributed by atoms with E-state index >= 15 is 0 Å². The maximum absolute atomic E-state index is 9.32. The number of aliphatic hydroxyl groups excluding tert-OH is 1. The normalized spacial score (nSPS) is 42.0. The molecule has 0 amide bonds. The zero-order valence-corrected chi connectivity index (χ0v) is 21.1. The summed E-state index contributed by atoms with van der Waals surface area (Å²) in [4.78, 5) is 0. The molecule has 4 heteroatoms. The monoisotopic (exact) mass is 448 g/mol. The van der Waals surface area contributed by atoms with Gasteiger partial charge in [-0.05, 0) is 105 Å². The van der Waals surface area contributed by atoms with Crippen LogP contribution in [0.2, 0.25) is 0 Å². The summed E-state index contributed by atoms with van der Waals surface area (Å²) in [6, 6.07) is 0. The summed E-state index contributed by atoms with van der Waals surface area (Å²) in [6.07, 6.45) is 15.5. The molecule has 0 aliphatic heterocycles. The minimum Gasteiger partial charge on any atom is -0.396 e. The molecule has 1 N–H and O–H groups in total. The van der Waals surface area contributed by atoms with E-state index in [-0.39, 0.29) is 0 Å². The van der Waals surface area contributed by atoms with Gasteiger partial charge in [-0.2, -0.15) is 0 Å². The van der Waals surface area contributed by atoms with E-state index in [1.165, 1.54) is 44.9 Å². The van der Waals surface area contributed by atoms with Gasteiger partial charge in [0.1, 0.15) is 6.79 Å². The Morgan fingerprint density at radius 1 is 1.09 bits per heavy atom. The van der Waals surface area contributed by atoms with Crippen LogP contribution >= 0.6 is 0 Å². The van der Waals surface area contributed by atoms with Crippen LogP contribution < -0.4 is 0 Å². The molecule has 0 aromatic heterocycles. The lowest BCUT2D eigenvalue weighted by Gasteiger charge is -2.58. The summed E-state index contributed by atoms with van der Waals surface area (Å²) in [5.74, 6) is 4.21. The SMILES string of the molecule is COCCOCO[C@H]1CC[C@@]2(C)C(=CC[C@H]3[C@@H]4CC[C@H]([C@H](C)CCCO)[C@@]4(C)CC[C@@H]32)C1. The quantitative estimate of drug-likeness (QED) is 0.254. The lowest BCUT2D eigenvalue weighted by Crippen LogP contribution is -2.51. The highest BCUT2D eigenvalue weighted by molar-refractivity contribution is 5.25. The van der Waals surface area contributed by atoms with Crippen molar-refractivity contribution in [1.82, 2.24) is 0 Å². The molecule has 4 rings (SSSR count). The van der Waals surface area contributed by atoms with Gasteiger partial charge in [0.25, 0.3) is 0 Å². The first-order valence-corrected chi connectivity index (χ1v) is 13.4. The zero-order valence-electron chi connectivity index (χ0n) is 21.1. The number of allylic oxidation sites excluding steroid dienone is 1. The minimum atomic E-state index is 0.311. The first-order chi connectivity index (χ1) is 15.4. The van der Waals surface area contributed by atoms with Gasteiger partial charge in [-0.15, -0.1) is 0 Å². The second-order valence-corrected chi connectivity index (χ2v) is 11.9. The van der Waals surface area contributed by atoms with Crippen LogP contribution in [0, 0.1) is 40.4 Å². The molecule has 32 heavy (non-hydrogen) atoms. The van der Waals surface area contributed by atoms with Gasteiger partial charge in [-0.3, -0.25) is 0 Å². The minimum absolute atomic E-state index is 0.311. The lowest BCUT2D eigenvalue weighted by molar-refractivity contribution is -0.115. The van der Waals surface area contributed by atoms with Crippen LogP contribution in [0.4, 0.5) is 0 Å². The van der Waals surface area contributed by atoms with Crippen LogP contribution in [0.3, 0.4) is 0 Å². The van der Waals surface area contributed by atoms with Crippen LogP contribution in [0.5, 0.6) is 0 Å². The molecule has 8 atom stereocenters. The highest BCUT2D eigenvalue weighted by Gasteiger charge is 2.59. The van der Waals surface area contributed by atoms with Gasteiger partial charge < -0.3 is 19.3 Å². The van der Waals surface area contributed by atoms with Crippen molar-refractivity contribution < 1.29 is 19.3 Å². The Hall–Kier alpha value is -0.420. The van der Waals surface area contributed by atoms with E-state index in [1.807, 2.05) is 0 Å². The number of fused-ring (bicyclic) bond motifs is 5. The van der Waals surface area contributed by atoms with Gasteiger partial charge in [-0.1, -0.05) is 32.4 Å². The maximum Gasteiger partial charge on any atom is 0.147 e. The van der Waals surface area contributed by atoms with Crippen molar-refractivity contribution in [3.05, 3.63) is 11.6 Å². The van der Waals surface area contributed by atoms with Crippen LogP contribution in [0.15, 0.2) is 11.6 Å². The molecule has 0 unspecified atom stereocenters. The topological polar surface area (TPSA) is 47.9 Å². The van der Waals surface area contributed by atoms with E-state index in [9.17, 15) is 5.11 Å². The van der Waals surface area contributed by atoms with Crippen molar-refractivity contribution >= 4 is 0 Å². The van der Waals surface area contributed by atoms with Crippen molar-refractivity contribution in [1.29, 1.82) is 0 Å². The number of ether oxygens (including phenoxy) is 3. The molecule has 184 valence electrons. The summed E-state index contributed by atoms with van der Waals surface area (Å²) in [7, 11) is 1.70. The Bertz CT molecular complexity index is 647. The van der Waals surface area contributed by atoms with Crippen LogP contribution in [0.25, 0.3) is 0 Å². The molecule has 0 radical (unpaired) electrons. The molecule has 0 saturated heterocycles. The molecule has 0 spiro atoms. The molecular formula is C28H48O4. The summed E-state index contributed by atoms with van der Waals surface area (Å²) < 4.78 is 16.7. The van der Waals surface area contributed by atoms with E-state index in [1.54, 1.807) is 12.7 Å². The molecule has 4 nitrogen and oxygen atoms in total. The molecule has 4 aliphatic carbocycles. The summed E-state index contributed by atoms with van der Waals surface area (Å²) in [5, 5.41) is 9.32. The number of rotatable bonds is 10. The summed E-state index contributed by atoms with van der Waals surface area (Å²) in [5.41, 5.74) is 2.57. The number of aliphatic hydroxyl groups is 1. The van der Waals surface area contributed by atoms with Crippen LogP contribution in [0.1, 0.15) is 85.0 Å². The predicted octanol–water partition coefficient (Wildman–Crippen LogP) is 5.98. The zero-order chi connectivity index (χ0) is 22.8. The standard InChI is InChI=1S/C28H48O4/c1-20(6-5-15-29)24-9-10-25-23-8-7-21-18-22(32-19-31-17-16-30-4)11-13-27(21,2)26(23)12-14-28(24,25)3/h7,20,22-26,29H,5-6,8-19H2,1-4H3/t20-,22+,23+,24-,25+,26+,27+,28-/m1/s1. The Kier molecular flexibility index (Phi) is 8.07. The smallest absolute Gasteiger partial charge is 0.147 e. The van der Waals surface area contributed by atoms with Gasteiger partial charge in [0.05, 0.1) is 19.3 Å². The van der Waals surface area contributed by atoms with Gasteiger partial charge >= 0.3 is 0 Å². The van der Waals surface area contributed by atoms with E-state index in [4.69, 9.17) is 14.2 Å². The second kappa shape index (κ2) is 10.5. The molecule has 0 heterocycles. The number of hydrogen-bond donors (Lipinski definition) is 1. The molecule has 4 aliphatic rings. The van der Waals surface area contributed by atoms with Crippen LogP contribution in [-0.2, 0) is 14.2 Å². The largest absolute Gasteiger partial charge is 0.396 e. The summed E-state index contributed by atoms with van der Waals surface area (Å²) in [6.45, 7) is 9.64. The van der Waals surface area contributed by atoms with E-state index < -0.39 is 0 Å². The maximum atomic E-state index is 9.32. The van der Waals surface area contributed by atoms with E-state index in [0.717, 1.165) is 48.9 Å². The first kappa shape index (κ1) is 24.7. The molecule has 0 bridgehead atoms. The van der Waals surface area contributed by atoms with Crippen molar-refractivity contribution in [3.8, 4) is 0 Å². The molecule has 3 saturated carbocycles. The Morgan fingerprint density at radius 2 is 1.94 bits per heavy atom. The molecule has 3 fully saturated rings. The lowest BCUT2D eigenvalue weighted by atomic mass is 9.47. The van der Waals surface area contributed by atoms with Crippen molar-refractivity contribution in [2.75, 3.05) is 33.7 Å². The fourth-order valence-electron chi connectivity index (χ4n) is 8.71. The Balaban J connectivity index is 1.40. The van der Waals surface area contributed by atoms with Crippen molar-refractivity contribution in [3.63, 3.8) is 0 Å². The van der Waals surface area contributed by atoms with E-state index in [2.05, 4.69) is 26.8 Å². The Labute approximate surface area is 196 Å². The fourth-order valence-corrected chi connectivity index (χ4v) is 8.71. The number of hydrogen-bond acceptors (Lipinski definition) is 4. The molecule has 0 aromatic rings. The van der Waals surface area contributed by atoms with E-state index in [0.29, 0.717) is 43.5 Å². The van der Waals surface area contributed by atoms with Crippen LogP contribution in [-0.4, -0.2) is 44.9 Å². The van der Waals surface area contributed by atoms with Gasteiger partial charge in [0.15, 0.2) is 0 Å². The molecule has 0 aromatic carbocycles. The predicted molar refractivity (Wildman–Crippen MR) is 128 cm³/mol. The average Bonchev–Trinajstić information content (AvgIpc) is 3.14.